The van der Waals surface area contributed by atoms with Crippen LogP contribution in [0, 0.1) is 5.92 Å². The molecule has 1 aliphatic rings. The minimum atomic E-state index is -4.25. The lowest BCUT2D eigenvalue weighted by Gasteiger charge is -2.21. The van der Waals surface area contributed by atoms with Crippen LogP contribution in [0.15, 0.2) is 0 Å². The van der Waals surface area contributed by atoms with Crippen molar-refractivity contribution in [2.75, 3.05) is 0 Å². The predicted molar refractivity (Wildman–Crippen MR) is 50.2 cm³/mol. The number of amides is 1. The molecule has 0 radical (unpaired) electrons. The highest BCUT2D eigenvalue weighted by molar-refractivity contribution is 5.79. The van der Waals surface area contributed by atoms with Gasteiger partial charge in [0.15, 0.2) is 0 Å². The minimum absolute atomic E-state index is 0.402. The van der Waals surface area contributed by atoms with Crippen LogP contribution in [0.5, 0.6) is 0 Å². The van der Waals surface area contributed by atoms with Crippen molar-refractivity contribution < 1.29 is 18.0 Å². The van der Waals surface area contributed by atoms with Crippen LogP contribution >= 0.6 is 0 Å². The summed E-state index contributed by atoms with van der Waals surface area (Å²) in [7, 11) is 0. The molecule has 1 saturated heterocycles. The van der Waals surface area contributed by atoms with Gasteiger partial charge in [-0.2, -0.15) is 13.2 Å². The Morgan fingerprint density at radius 3 is 2.60 bits per heavy atom. The molecule has 0 aromatic heterocycles. The Bertz CT molecular complexity index is 227. The predicted octanol–water partition coefficient (Wildman–Crippen LogP) is 2.63. The third kappa shape index (κ3) is 3.39. The van der Waals surface area contributed by atoms with Crippen LogP contribution in [-0.2, 0) is 4.79 Å². The maximum Gasteiger partial charge on any atom is 0.394 e. The molecule has 2 atom stereocenters. The van der Waals surface area contributed by atoms with E-state index in [-0.39, 0.29) is 0 Å². The Balaban J connectivity index is 2.50. The van der Waals surface area contributed by atoms with Crippen LogP contribution in [0.1, 0.15) is 39.0 Å². The van der Waals surface area contributed by atoms with E-state index in [1.807, 2.05) is 6.92 Å². The molecule has 1 rings (SSSR count). The van der Waals surface area contributed by atoms with Gasteiger partial charge >= 0.3 is 6.18 Å². The molecule has 1 N–H and O–H groups in total. The topological polar surface area (TPSA) is 29.1 Å². The molecule has 1 aliphatic heterocycles. The van der Waals surface area contributed by atoms with E-state index in [2.05, 4.69) is 5.32 Å². The molecule has 5 heteroatoms. The van der Waals surface area contributed by atoms with Crippen molar-refractivity contribution in [3.8, 4) is 0 Å². The maximum atomic E-state index is 12.5. The highest BCUT2D eigenvalue weighted by atomic mass is 19.4. The van der Waals surface area contributed by atoms with Gasteiger partial charge in [0.25, 0.3) is 0 Å². The molecule has 0 unspecified atom stereocenters. The maximum absolute atomic E-state index is 12.5. The molecule has 1 amide bonds. The van der Waals surface area contributed by atoms with Crippen molar-refractivity contribution in [2.45, 2.75) is 51.2 Å². The summed E-state index contributed by atoms with van der Waals surface area (Å²) in [5.41, 5.74) is 0. The Labute approximate surface area is 87.2 Å². The van der Waals surface area contributed by atoms with E-state index in [1.165, 1.54) is 0 Å². The molecule has 0 bridgehead atoms. The van der Waals surface area contributed by atoms with Crippen LogP contribution < -0.4 is 5.32 Å². The first kappa shape index (κ1) is 12.3. The van der Waals surface area contributed by atoms with E-state index in [0.717, 1.165) is 19.3 Å². The third-order valence-electron chi connectivity index (χ3n) is 2.78. The van der Waals surface area contributed by atoms with Gasteiger partial charge in [-0.15, -0.1) is 0 Å². The first-order valence-corrected chi connectivity index (χ1v) is 5.31. The van der Waals surface area contributed by atoms with Gasteiger partial charge < -0.3 is 5.32 Å². The van der Waals surface area contributed by atoms with E-state index in [0.29, 0.717) is 6.42 Å². The Kier molecular flexibility index (Phi) is 3.99. The van der Waals surface area contributed by atoms with Gasteiger partial charge in [-0.1, -0.05) is 26.2 Å². The van der Waals surface area contributed by atoms with E-state index in [4.69, 9.17) is 0 Å². The van der Waals surface area contributed by atoms with Gasteiger partial charge in [0, 0.05) is 12.5 Å². The monoisotopic (exact) mass is 223 g/mol. The normalized spacial score (nSPS) is 26.8. The minimum Gasteiger partial charge on any atom is -0.353 e. The quantitative estimate of drug-likeness (QED) is 0.729. The molecule has 15 heavy (non-hydrogen) atoms. The molecule has 0 aromatic carbocycles. The van der Waals surface area contributed by atoms with E-state index in [1.54, 1.807) is 0 Å². The van der Waals surface area contributed by atoms with Crippen molar-refractivity contribution in [1.29, 1.82) is 0 Å². The fourth-order valence-electron chi connectivity index (χ4n) is 1.94. The average molecular weight is 223 g/mol. The molecule has 0 spiro atoms. The van der Waals surface area contributed by atoms with Gasteiger partial charge in [0.2, 0.25) is 5.91 Å². The summed E-state index contributed by atoms with van der Waals surface area (Å²) in [5, 5.41) is 2.41. The van der Waals surface area contributed by atoms with Crippen molar-refractivity contribution in [2.24, 2.45) is 5.92 Å². The number of rotatable bonds is 4. The molecule has 2 nitrogen and oxygen atoms in total. The zero-order valence-corrected chi connectivity index (χ0v) is 8.73. The lowest BCUT2D eigenvalue weighted by Crippen LogP contribution is -2.36. The van der Waals surface area contributed by atoms with Crippen molar-refractivity contribution in [3.63, 3.8) is 0 Å². The Morgan fingerprint density at radius 1 is 1.40 bits per heavy atom. The second kappa shape index (κ2) is 4.86. The van der Waals surface area contributed by atoms with Crippen LogP contribution in [-0.4, -0.2) is 18.1 Å². The first-order valence-electron chi connectivity index (χ1n) is 5.31. The van der Waals surface area contributed by atoms with E-state index >= 15 is 0 Å². The van der Waals surface area contributed by atoms with Crippen LogP contribution in [0.2, 0.25) is 0 Å². The molecule has 0 aliphatic carbocycles. The largest absolute Gasteiger partial charge is 0.394 e. The van der Waals surface area contributed by atoms with Crippen LogP contribution in [0.3, 0.4) is 0 Å². The smallest absolute Gasteiger partial charge is 0.353 e. The molecule has 88 valence electrons. The summed E-state index contributed by atoms with van der Waals surface area (Å²) in [4.78, 5) is 10.9. The molecule has 1 heterocycles. The van der Waals surface area contributed by atoms with Crippen LogP contribution in [0.4, 0.5) is 13.2 Å². The fraction of sp³-hybridized carbons (Fsp3) is 0.900. The van der Waals surface area contributed by atoms with Crippen molar-refractivity contribution in [3.05, 3.63) is 0 Å². The second-order valence-electron chi connectivity index (χ2n) is 4.02. The van der Waals surface area contributed by atoms with Gasteiger partial charge in [-0.05, 0) is 6.42 Å². The molecular weight excluding hydrogens is 207 g/mol. The number of alkyl halides is 3. The summed E-state index contributed by atoms with van der Waals surface area (Å²) in [6.07, 6.45) is -1.59. The summed E-state index contributed by atoms with van der Waals surface area (Å²) < 4.78 is 37.5. The van der Waals surface area contributed by atoms with Gasteiger partial charge in [0.05, 0.1) is 5.92 Å². The lowest BCUT2D eigenvalue weighted by molar-refractivity contribution is -0.177. The molecular formula is C10H16F3NO. The van der Waals surface area contributed by atoms with Gasteiger partial charge in [0.1, 0.15) is 0 Å². The molecule has 0 saturated carbocycles. The molecule has 0 aromatic rings. The fourth-order valence-corrected chi connectivity index (χ4v) is 1.94. The Morgan fingerprint density at radius 2 is 2.07 bits per heavy atom. The van der Waals surface area contributed by atoms with E-state index < -0.39 is 30.5 Å². The van der Waals surface area contributed by atoms with E-state index in [9.17, 15) is 18.0 Å². The number of carbonyl (C=O) groups excluding carboxylic acids is 1. The standard InChI is InChI=1S/C10H16F3NO/c1-2-3-4-5-8-7(10(11,12)13)6-9(15)14-8/h7-8H,2-6H2,1H3,(H,14,15)/t7-,8-/m1/s1. The average Bonchev–Trinajstić information content (AvgIpc) is 2.47. The number of nitrogens with one attached hydrogen (secondary N) is 1. The van der Waals surface area contributed by atoms with Crippen LogP contribution in [0.25, 0.3) is 0 Å². The van der Waals surface area contributed by atoms with Gasteiger partial charge in [-0.25, -0.2) is 0 Å². The number of halogens is 3. The SMILES string of the molecule is CCCCC[C@H]1NC(=O)C[C@H]1C(F)(F)F. The number of hydrogen-bond donors (Lipinski definition) is 1. The van der Waals surface area contributed by atoms with Crippen molar-refractivity contribution >= 4 is 5.91 Å². The summed E-state index contributed by atoms with van der Waals surface area (Å²) >= 11 is 0. The highest BCUT2D eigenvalue weighted by Crippen LogP contribution is 2.36. The zero-order chi connectivity index (χ0) is 11.5. The summed E-state index contributed by atoms with van der Waals surface area (Å²) in [6, 6.07) is -0.705. The number of carbonyl (C=O) groups is 1. The number of unbranched alkanes of at least 4 members (excludes halogenated alkanes) is 2. The zero-order valence-electron chi connectivity index (χ0n) is 8.73. The van der Waals surface area contributed by atoms with Crippen molar-refractivity contribution in [1.82, 2.24) is 5.32 Å². The lowest BCUT2D eigenvalue weighted by atomic mass is 9.95. The Hall–Kier alpha value is -0.740. The molecule has 1 fully saturated rings. The second-order valence-corrected chi connectivity index (χ2v) is 4.02. The number of hydrogen-bond acceptors (Lipinski definition) is 1. The summed E-state index contributed by atoms with van der Waals surface area (Å²) in [5.74, 6) is -1.96. The summed E-state index contributed by atoms with van der Waals surface area (Å²) in [6.45, 7) is 1.99. The third-order valence-corrected chi connectivity index (χ3v) is 2.78. The first-order chi connectivity index (χ1) is 6.95. The van der Waals surface area contributed by atoms with Gasteiger partial charge in [-0.3, -0.25) is 4.79 Å². The highest BCUT2D eigenvalue weighted by Gasteiger charge is 2.49.